The van der Waals surface area contributed by atoms with Crippen molar-refractivity contribution in [2.45, 2.75) is 20.8 Å². The van der Waals surface area contributed by atoms with Gasteiger partial charge < -0.3 is 5.73 Å². The molecule has 0 aromatic carbocycles. The zero-order valence-electron chi connectivity index (χ0n) is 8.86. The van der Waals surface area contributed by atoms with Gasteiger partial charge in [-0.3, -0.25) is 0 Å². The van der Waals surface area contributed by atoms with Gasteiger partial charge in [0.15, 0.2) is 5.82 Å². The van der Waals surface area contributed by atoms with Gasteiger partial charge in [0, 0.05) is 5.41 Å². The van der Waals surface area contributed by atoms with Crippen molar-refractivity contribution in [2.24, 2.45) is 5.41 Å². The van der Waals surface area contributed by atoms with E-state index in [4.69, 9.17) is 5.73 Å². The summed E-state index contributed by atoms with van der Waals surface area (Å²) in [6.45, 7) is 5.91. The van der Waals surface area contributed by atoms with Gasteiger partial charge in [0.05, 0.1) is 5.56 Å². The lowest BCUT2D eigenvalue weighted by molar-refractivity contribution is 0.571. The van der Waals surface area contributed by atoms with Crippen LogP contribution in [0.5, 0.6) is 0 Å². The summed E-state index contributed by atoms with van der Waals surface area (Å²) in [5.74, 6) is 5.58. The summed E-state index contributed by atoms with van der Waals surface area (Å²) in [5, 5.41) is 0. The normalized spacial score (nSPS) is 10.7. The molecule has 0 amide bonds. The fraction of sp³-hybridized carbons (Fsp3) is 0.364. The minimum atomic E-state index is -0.456. The first-order chi connectivity index (χ1) is 6.79. The lowest BCUT2D eigenvalue weighted by Gasteiger charge is -2.07. The third kappa shape index (κ3) is 3.52. The standard InChI is InChI=1S/C11H12BrFN2/c1-11(2,3)5-4-7-6-8(13)9(12)15-10(7)14/h6H,1-3H3,(H2,14,15). The summed E-state index contributed by atoms with van der Waals surface area (Å²) in [4.78, 5) is 3.79. The van der Waals surface area contributed by atoms with Crippen LogP contribution >= 0.6 is 15.9 Å². The van der Waals surface area contributed by atoms with Crippen molar-refractivity contribution in [3.63, 3.8) is 0 Å². The molecule has 0 aliphatic rings. The Kier molecular flexibility index (Phi) is 3.35. The SMILES string of the molecule is CC(C)(C)C#Cc1cc(F)c(Br)nc1N. The Morgan fingerprint density at radius 2 is 2.07 bits per heavy atom. The van der Waals surface area contributed by atoms with Gasteiger partial charge in [-0.1, -0.05) is 11.8 Å². The molecule has 0 saturated heterocycles. The molecular formula is C11H12BrFN2. The molecule has 0 aliphatic carbocycles. The topological polar surface area (TPSA) is 38.9 Å². The van der Waals surface area contributed by atoms with Gasteiger partial charge in [-0.05, 0) is 42.8 Å². The molecule has 2 N–H and O–H groups in total. The maximum Gasteiger partial charge on any atom is 0.157 e. The molecular weight excluding hydrogens is 259 g/mol. The van der Waals surface area contributed by atoms with E-state index in [9.17, 15) is 4.39 Å². The van der Waals surface area contributed by atoms with E-state index in [0.717, 1.165) is 0 Å². The van der Waals surface area contributed by atoms with Crippen LogP contribution < -0.4 is 5.73 Å². The van der Waals surface area contributed by atoms with Gasteiger partial charge in [0.2, 0.25) is 0 Å². The maximum atomic E-state index is 13.1. The Hall–Kier alpha value is -1.08. The Balaban J connectivity index is 3.15. The third-order valence-electron chi connectivity index (χ3n) is 1.53. The van der Waals surface area contributed by atoms with E-state index >= 15 is 0 Å². The van der Waals surface area contributed by atoms with E-state index in [0.29, 0.717) is 5.56 Å². The first-order valence-electron chi connectivity index (χ1n) is 4.44. The van der Waals surface area contributed by atoms with Crippen molar-refractivity contribution < 1.29 is 4.39 Å². The van der Waals surface area contributed by atoms with Crippen molar-refractivity contribution in [1.82, 2.24) is 4.98 Å². The fourth-order valence-corrected chi connectivity index (χ4v) is 1.14. The summed E-state index contributed by atoms with van der Waals surface area (Å²) in [5.41, 5.74) is 5.89. The van der Waals surface area contributed by atoms with Crippen LogP contribution in [0.25, 0.3) is 0 Å². The van der Waals surface area contributed by atoms with E-state index in [1.54, 1.807) is 0 Å². The number of hydrogen-bond acceptors (Lipinski definition) is 2. The van der Waals surface area contributed by atoms with Crippen LogP contribution in [-0.2, 0) is 0 Å². The number of hydrogen-bond donors (Lipinski definition) is 1. The van der Waals surface area contributed by atoms with Crippen molar-refractivity contribution >= 4 is 21.7 Å². The second-order valence-electron chi connectivity index (χ2n) is 4.19. The van der Waals surface area contributed by atoms with Gasteiger partial charge in [-0.2, -0.15) is 0 Å². The number of rotatable bonds is 0. The van der Waals surface area contributed by atoms with E-state index in [1.807, 2.05) is 20.8 Å². The molecule has 0 radical (unpaired) electrons. The van der Waals surface area contributed by atoms with Crippen molar-refractivity contribution in [3.8, 4) is 11.8 Å². The number of nitrogens with zero attached hydrogens (tertiary/aromatic N) is 1. The van der Waals surface area contributed by atoms with E-state index in [-0.39, 0.29) is 15.8 Å². The van der Waals surface area contributed by atoms with Gasteiger partial charge in [-0.15, -0.1) is 0 Å². The monoisotopic (exact) mass is 270 g/mol. The third-order valence-corrected chi connectivity index (χ3v) is 2.09. The molecule has 0 unspecified atom stereocenters. The Labute approximate surface area is 97.2 Å². The number of nitrogen functional groups attached to an aromatic ring is 1. The molecule has 0 spiro atoms. The lowest BCUT2D eigenvalue weighted by Crippen LogP contribution is -2.01. The summed E-state index contributed by atoms with van der Waals surface area (Å²) >= 11 is 2.96. The van der Waals surface area contributed by atoms with Crippen molar-refractivity contribution in [3.05, 3.63) is 22.1 Å². The minimum Gasteiger partial charge on any atom is -0.383 e. The zero-order chi connectivity index (χ0) is 11.6. The van der Waals surface area contributed by atoms with Crippen LogP contribution in [0.2, 0.25) is 0 Å². The second-order valence-corrected chi connectivity index (χ2v) is 4.94. The largest absolute Gasteiger partial charge is 0.383 e. The first-order valence-corrected chi connectivity index (χ1v) is 5.23. The molecule has 0 fully saturated rings. The Morgan fingerprint density at radius 3 is 2.60 bits per heavy atom. The number of nitrogens with two attached hydrogens (primary N) is 1. The zero-order valence-corrected chi connectivity index (χ0v) is 10.4. The predicted molar refractivity (Wildman–Crippen MR) is 62.6 cm³/mol. The Bertz CT molecular complexity index is 438. The molecule has 80 valence electrons. The van der Waals surface area contributed by atoms with E-state index in [2.05, 4.69) is 32.8 Å². The number of halogens is 2. The average molecular weight is 271 g/mol. The minimum absolute atomic E-state index is 0.112. The van der Waals surface area contributed by atoms with Crippen LogP contribution in [-0.4, -0.2) is 4.98 Å². The molecule has 15 heavy (non-hydrogen) atoms. The summed E-state index contributed by atoms with van der Waals surface area (Å²) in [6.07, 6.45) is 0. The number of anilines is 1. The van der Waals surface area contributed by atoms with Crippen molar-refractivity contribution in [1.29, 1.82) is 0 Å². The lowest BCUT2D eigenvalue weighted by atomic mass is 9.97. The maximum absolute atomic E-state index is 13.1. The second kappa shape index (κ2) is 4.19. The summed E-state index contributed by atoms with van der Waals surface area (Å²) < 4.78 is 13.3. The summed E-state index contributed by atoms with van der Waals surface area (Å²) in [6, 6.07) is 1.28. The van der Waals surface area contributed by atoms with Gasteiger partial charge >= 0.3 is 0 Å². The number of aromatic nitrogens is 1. The molecule has 1 aromatic rings. The van der Waals surface area contributed by atoms with Crippen molar-refractivity contribution in [2.75, 3.05) is 5.73 Å². The molecule has 1 rings (SSSR count). The molecule has 1 heterocycles. The average Bonchev–Trinajstić information content (AvgIpc) is 2.07. The quantitative estimate of drug-likeness (QED) is 0.582. The molecule has 4 heteroatoms. The molecule has 0 saturated carbocycles. The van der Waals surface area contributed by atoms with Crippen LogP contribution in [0.4, 0.5) is 10.2 Å². The smallest absolute Gasteiger partial charge is 0.157 e. The molecule has 1 aromatic heterocycles. The van der Waals surface area contributed by atoms with E-state index in [1.165, 1.54) is 6.07 Å². The highest BCUT2D eigenvalue weighted by molar-refractivity contribution is 9.10. The predicted octanol–water partition coefficient (Wildman–Crippen LogP) is 2.96. The van der Waals surface area contributed by atoms with Crippen LogP contribution in [0, 0.1) is 23.1 Å². The summed E-state index contributed by atoms with van der Waals surface area (Å²) in [7, 11) is 0. The van der Waals surface area contributed by atoms with Crippen LogP contribution in [0.3, 0.4) is 0 Å². The van der Waals surface area contributed by atoms with Gasteiger partial charge in [-0.25, -0.2) is 9.37 Å². The molecule has 0 atom stereocenters. The van der Waals surface area contributed by atoms with Crippen LogP contribution in [0.1, 0.15) is 26.3 Å². The van der Waals surface area contributed by atoms with Gasteiger partial charge in [0.1, 0.15) is 10.4 Å². The fourth-order valence-electron chi connectivity index (χ4n) is 0.835. The highest BCUT2D eigenvalue weighted by atomic mass is 79.9. The highest BCUT2D eigenvalue weighted by Gasteiger charge is 2.07. The van der Waals surface area contributed by atoms with Crippen LogP contribution in [0.15, 0.2) is 10.7 Å². The number of pyridine rings is 1. The first kappa shape index (κ1) is 12.0. The Morgan fingerprint density at radius 1 is 1.47 bits per heavy atom. The highest BCUT2D eigenvalue weighted by Crippen LogP contribution is 2.18. The van der Waals surface area contributed by atoms with Gasteiger partial charge in [0.25, 0.3) is 0 Å². The molecule has 0 bridgehead atoms. The van der Waals surface area contributed by atoms with E-state index < -0.39 is 5.82 Å². The molecule has 0 aliphatic heterocycles. The molecule has 2 nitrogen and oxygen atoms in total.